The summed E-state index contributed by atoms with van der Waals surface area (Å²) >= 11 is 1.19. The van der Waals surface area contributed by atoms with Crippen molar-refractivity contribution in [2.75, 3.05) is 7.11 Å². The summed E-state index contributed by atoms with van der Waals surface area (Å²) < 4.78 is 19.0. The Morgan fingerprint density at radius 2 is 2.24 bits per heavy atom. The predicted molar refractivity (Wildman–Crippen MR) is 62.9 cm³/mol. The zero-order valence-electron chi connectivity index (χ0n) is 9.65. The number of hydrogen-bond acceptors (Lipinski definition) is 5. The molecule has 0 fully saturated rings. The minimum atomic E-state index is -1.50. The van der Waals surface area contributed by atoms with Crippen LogP contribution in [0.5, 0.6) is 0 Å². The van der Waals surface area contributed by atoms with E-state index in [9.17, 15) is 9.18 Å². The van der Waals surface area contributed by atoms with Crippen LogP contribution in [0.3, 0.4) is 0 Å². The molecular weight excluding hydrogens is 243 g/mol. The van der Waals surface area contributed by atoms with Gasteiger partial charge in [0.2, 0.25) is 0 Å². The van der Waals surface area contributed by atoms with E-state index in [1.165, 1.54) is 38.5 Å². The van der Waals surface area contributed by atoms with Gasteiger partial charge in [-0.2, -0.15) is 0 Å². The first-order chi connectivity index (χ1) is 7.91. The number of pyridine rings is 1. The third-order valence-corrected chi connectivity index (χ3v) is 3.47. The molecule has 2 aromatic rings. The van der Waals surface area contributed by atoms with Crippen LogP contribution >= 0.6 is 11.3 Å². The SMILES string of the molecule is COC(=O)c1cnc2nc(C(C)(C)F)sc2c1. The molecule has 0 radical (unpaired) electrons. The maximum atomic E-state index is 13.7. The number of hydrogen-bond donors (Lipinski definition) is 0. The number of alkyl halides is 1. The van der Waals surface area contributed by atoms with Crippen molar-refractivity contribution in [2.24, 2.45) is 0 Å². The highest BCUT2D eigenvalue weighted by Gasteiger charge is 2.24. The fourth-order valence-electron chi connectivity index (χ4n) is 1.30. The molecular formula is C11H11FN2O2S. The van der Waals surface area contributed by atoms with Gasteiger partial charge >= 0.3 is 5.97 Å². The molecule has 4 nitrogen and oxygen atoms in total. The van der Waals surface area contributed by atoms with Gasteiger partial charge in [0.05, 0.1) is 17.4 Å². The summed E-state index contributed by atoms with van der Waals surface area (Å²) in [4.78, 5) is 19.4. The minimum Gasteiger partial charge on any atom is -0.465 e. The van der Waals surface area contributed by atoms with Gasteiger partial charge in [-0.3, -0.25) is 0 Å². The summed E-state index contributed by atoms with van der Waals surface area (Å²) in [6.07, 6.45) is 1.38. The van der Waals surface area contributed by atoms with Crippen molar-refractivity contribution >= 4 is 27.7 Å². The normalized spacial score (nSPS) is 11.8. The van der Waals surface area contributed by atoms with E-state index in [0.717, 1.165) is 0 Å². The van der Waals surface area contributed by atoms with Crippen molar-refractivity contribution < 1.29 is 13.9 Å². The summed E-state index contributed by atoms with van der Waals surface area (Å²) in [6, 6.07) is 1.61. The zero-order valence-corrected chi connectivity index (χ0v) is 10.5. The Morgan fingerprint density at radius 3 is 2.82 bits per heavy atom. The van der Waals surface area contributed by atoms with Crippen LogP contribution in [0.1, 0.15) is 29.2 Å². The van der Waals surface area contributed by atoms with E-state index in [1.807, 2.05) is 0 Å². The van der Waals surface area contributed by atoms with E-state index < -0.39 is 11.6 Å². The summed E-state index contributed by atoms with van der Waals surface area (Å²) in [6.45, 7) is 2.87. The van der Waals surface area contributed by atoms with Gasteiger partial charge in [0, 0.05) is 6.20 Å². The molecule has 0 saturated carbocycles. The lowest BCUT2D eigenvalue weighted by Crippen LogP contribution is -2.07. The number of rotatable bonds is 2. The van der Waals surface area contributed by atoms with E-state index in [1.54, 1.807) is 6.07 Å². The van der Waals surface area contributed by atoms with E-state index in [-0.39, 0.29) is 0 Å². The Balaban J connectivity index is 2.52. The molecule has 2 aromatic heterocycles. The first-order valence-electron chi connectivity index (χ1n) is 4.96. The molecule has 0 bridgehead atoms. The van der Waals surface area contributed by atoms with Crippen LogP contribution in [-0.2, 0) is 10.4 Å². The minimum absolute atomic E-state index is 0.340. The summed E-state index contributed by atoms with van der Waals surface area (Å²) in [5.41, 5.74) is -0.716. The van der Waals surface area contributed by atoms with E-state index in [2.05, 4.69) is 14.7 Å². The molecule has 0 saturated heterocycles. The first kappa shape index (κ1) is 11.9. The lowest BCUT2D eigenvalue weighted by atomic mass is 10.2. The van der Waals surface area contributed by atoms with Crippen LogP contribution in [0, 0.1) is 0 Å². The molecule has 6 heteroatoms. The molecule has 0 aliphatic heterocycles. The number of aromatic nitrogens is 2. The molecule has 0 spiro atoms. The number of carbonyl (C=O) groups is 1. The van der Waals surface area contributed by atoms with Crippen molar-refractivity contribution in [1.82, 2.24) is 9.97 Å². The monoisotopic (exact) mass is 254 g/mol. The topological polar surface area (TPSA) is 52.1 Å². The van der Waals surface area contributed by atoms with E-state index in [4.69, 9.17) is 0 Å². The third kappa shape index (κ3) is 2.26. The fraction of sp³-hybridized carbons (Fsp3) is 0.364. The predicted octanol–water partition coefficient (Wildman–Crippen LogP) is 2.68. The summed E-state index contributed by atoms with van der Waals surface area (Å²) in [5, 5.41) is 0.349. The second-order valence-electron chi connectivity index (χ2n) is 4.03. The number of thiazole rings is 1. The molecule has 17 heavy (non-hydrogen) atoms. The molecule has 0 aromatic carbocycles. The maximum absolute atomic E-state index is 13.7. The molecule has 0 aliphatic carbocycles. The number of methoxy groups -OCH3 is 1. The lowest BCUT2D eigenvalue weighted by Gasteiger charge is -2.07. The molecule has 0 N–H and O–H groups in total. The van der Waals surface area contributed by atoms with Crippen molar-refractivity contribution in [3.8, 4) is 0 Å². The lowest BCUT2D eigenvalue weighted by molar-refractivity contribution is 0.0600. The largest absolute Gasteiger partial charge is 0.465 e. The second kappa shape index (κ2) is 4.03. The number of halogens is 1. The number of carbonyl (C=O) groups excluding carboxylic acids is 1. The number of fused-ring (bicyclic) bond motifs is 1. The zero-order chi connectivity index (χ0) is 12.6. The van der Waals surface area contributed by atoms with Crippen molar-refractivity contribution in [3.05, 3.63) is 22.8 Å². The van der Waals surface area contributed by atoms with Crippen LogP contribution < -0.4 is 0 Å². The van der Waals surface area contributed by atoms with E-state index in [0.29, 0.717) is 20.9 Å². The van der Waals surface area contributed by atoms with E-state index >= 15 is 0 Å². The average molecular weight is 254 g/mol. The van der Waals surface area contributed by atoms with Crippen LogP contribution in [0.4, 0.5) is 4.39 Å². The fourth-order valence-corrected chi connectivity index (χ4v) is 2.26. The smallest absolute Gasteiger partial charge is 0.339 e. The molecule has 2 heterocycles. The molecule has 0 unspecified atom stereocenters. The van der Waals surface area contributed by atoms with Crippen LogP contribution in [-0.4, -0.2) is 23.0 Å². The van der Waals surface area contributed by atoms with Crippen molar-refractivity contribution in [3.63, 3.8) is 0 Å². The second-order valence-corrected chi connectivity index (χ2v) is 5.06. The Kier molecular flexibility index (Phi) is 2.82. The molecule has 2 rings (SSSR count). The van der Waals surface area contributed by atoms with Crippen LogP contribution in [0.2, 0.25) is 0 Å². The summed E-state index contributed by atoms with van der Waals surface area (Å²) in [7, 11) is 1.30. The first-order valence-corrected chi connectivity index (χ1v) is 5.78. The van der Waals surface area contributed by atoms with Crippen molar-refractivity contribution in [2.45, 2.75) is 19.5 Å². The highest BCUT2D eigenvalue weighted by atomic mass is 32.1. The average Bonchev–Trinajstić information content (AvgIpc) is 2.70. The number of esters is 1. The molecule has 90 valence electrons. The highest BCUT2D eigenvalue weighted by molar-refractivity contribution is 7.18. The standard InChI is InChI=1S/C11H11FN2O2S/c1-11(2,12)10-14-8-7(17-10)4-6(5-13-8)9(15)16-3/h4-5H,1-3H3. The van der Waals surface area contributed by atoms with Gasteiger partial charge < -0.3 is 4.74 Å². The number of nitrogens with zero attached hydrogens (tertiary/aromatic N) is 2. The third-order valence-electron chi connectivity index (χ3n) is 2.18. The van der Waals surface area contributed by atoms with Crippen LogP contribution in [0.15, 0.2) is 12.3 Å². The van der Waals surface area contributed by atoms with Gasteiger partial charge in [0.1, 0.15) is 5.01 Å². The Hall–Kier alpha value is -1.56. The van der Waals surface area contributed by atoms with Gasteiger partial charge in [0.15, 0.2) is 11.3 Å². The van der Waals surface area contributed by atoms with Gasteiger partial charge in [-0.05, 0) is 19.9 Å². The molecule has 0 atom stereocenters. The van der Waals surface area contributed by atoms with Gasteiger partial charge in [-0.15, -0.1) is 11.3 Å². The van der Waals surface area contributed by atoms with Gasteiger partial charge in [-0.1, -0.05) is 0 Å². The van der Waals surface area contributed by atoms with Crippen molar-refractivity contribution in [1.29, 1.82) is 0 Å². The Bertz CT molecular complexity index is 574. The quantitative estimate of drug-likeness (QED) is 0.773. The molecule has 0 amide bonds. The highest BCUT2D eigenvalue weighted by Crippen LogP contribution is 2.31. The van der Waals surface area contributed by atoms with Crippen LogP contribution in [0.25, 0.3) is 10.3 Å². The maximum Gasteiger partial charge on any atom is 0.339 e. The van der Waals surface area contributed by atoms with Gasteiger partial charge in [-0.25, -0.2) is 19.2 Å². The summed E-state index contributed by atoms with van der Waals surface area (Å²) in [5.74, 6) is -0.464. The number of ether oxygens (including phenoxy) is 1. The Labute approximate surface area is 101 Å². The Morgan fingerprint density at radius 1 is 1.53 bits per heavy atom. The molecule has 0 aliphatic rings. The van der Waals surface area contributed by atoms with Gasteiger partial charge in [0.25, 0.3) is 0 Å².